The van der Waals surface area contributed by atoms with Crippen LogP contribution in [0.25, 0.3) is 11.6 Å². The number of benzene rings is 2. The van der Waals surface area contributed by atoms with Gasteiger partial charge in [0.1, 0.15) is 18.4 Å². The van der Waals surface area contributed by atoms with E-state index in [0.29, 0.717) is 17.9 Å². The lowest BCUT2D eigenvalue weighted by molar-refractivity contribution is -0.138. The van der Waals surface area contributed by atoms with Crippen LogP contribution in [-0.2, 0) is 16.1 Å². The molecular weight excluding hydrogens is 370 g/mol. The summed E-state index contributed by atoms with van der Waals surface area (Å²) in [7, 11) is 0. The normalized spacial score (nSPS) is 12.1. The molecule has 3 rings (SSSR count). The molecule has 0 aliphatic heterocycles. The van der Waals surface area contributed by atoms with Crippen molar-refractivity contribution < 1.29 is 14.3 Å². The predicted molar refractivity (Wildman–Crippen MR) is 111 cm³/mol. The van der Waals surface area contributed by atoms with Crippen LogP contribution in [0.1, 0.15) is 22.9 Å². The summed E-state index contributed by atoms with van der Waals surface area (Å²) in [6, 6.07) is 23.1. The summed E-state index contributed by atoms with van der Waals surface area (Å²) in [5.74, 6) is 0.189. The number of rotatable bonds is 7. The highest BCUT2D eigenvalue weighted by Gasteiger charge is 2.17. The predicted octanol–water partition coefficient (Wildman–Crippen LogP) is 5.32. The molecule has 0 saturated carbocycles. The molecule has 0 unspecified atom stereocenters. The molecule has 0 N–H and O–H groups in total. The molecule has 4 nitrogen and oxygen atoms in total. The Balaban J connectivity index is 1.82. The summed E-state index contributed by atoms with van der Waals surface area (Å²) >= 11 is 1.44. The number of carbonyl (C=O) groups excluding carboxylic acids is 1. The van der Waals surface area contributed by atoms with Crippen LogP contribution < -0.4 is 4.74 Å². The van der Waals surface area contributed by atoms with Gasteiger partial charge >= 0.3 is 5.97 Å². The first-order chi connectivity index (χ1) is 13.7. The first kappa shape index (κ1) is 19.4. The zero-order chi connectivity index (χ0) is 19.8. The van der Waals surface area contributed by atoms with E-state index in [2.05, 4.69) is 0 Å². The smallest absolute Gasteiger partial charge is 0.340 e. The maximum Gasteiger partial charge on any atom is 0.340 e. The number of nitrogens with zero attached hydrogens (tertiary/aromatic N) is 1. The van der Waals surface area contributed by atoms with E-state index in [-0.39, 0.29) is 0 Å². The van der Waals surface area contributed by atoms with Crippen molar-refractivity contribution in [2.24, 2.45) is 0 Å². The molecule has 0 aliphatic rings. The fourth-order valence-electron chi connectivity index (χ4n) is 2.51. The average Bonchev–Trinajstić information content (AvgIpc) is 3.26. The van der Waals surface area contributed by atoms with Crippen LogP contribution in [0.15, 0.2) is 72.1 Å². The van der Waals surface area contributed by atoms with Gasteiger partial charge in [0.25, 0.3) is 0 Å². The maximum atomic E-state index is 12.5. The van der Waals surface area contributed by atoms with E-state index in [9.17, 15) is 4.79 Å². The molecule has 140 valence electrons. The third-order valence-electron chi connectivity index (χ3n) is 3.89. The van der Waals surface area contributed by atoms with Gasteiger partial charge in [-0.3, -0.25) is 0 Å². The zero-order valence-electron chi connectivity index (χ0n) is 15.4. The van der Waals surface area contributed by atoms with Crippen molar-refractivity contribution in [1.29, 1.82) is 5.26 Å². The van der Waals surface area contributed by atoms with Gasteiger partial charge in [0.2, 0.25) is 0 Å². The summed E-state index contributed by atoms with van der Waals surface area (Å²) in [5.41, 5.74) is 2.31. The topological polar surface area (TPSA) is 59.3 Å². The van der Waals surface area contributed by atoms with E-state index < -0.39 is 12.1 Å². The first-order valence-corrected chi connectivity index (χ1v) is 9.66. The van der Waals surface area contributed by atoms with Crippen molar-refractivity contribution in [1.82, 2.24) is 0 Å². The average molecular weight is 389 g/mol. The van der Waals surface area contributed by atoms with Gasteiger partial charge in [0, 0.05) is 4.88 Å². The minimum absolute atomic E-state index is 0.414. The molecule has 1 aromatic heterocycles. The van der Waals surface area contributed by atoms with Crippen LogP contribution in [0.2, 0.25) is 0 Å². The van der Waals surface area contributed by atoms with E-state index in [1.54, 1.807) is 13.0 Å². The lowest BCUT2D eigenvalue weighted by atomic mass is 10.1. The fraction of sp³-hybridized carbons (Fsp3) is 0.130. The molecule has 3 aromatic rings. The summed E-state index contributed by atoms with van der Waals surface area (Å²) in [5, 5.41) is 10.8. The zero-order valence-corrected chi connectivity index (χ0v) is 16.2. The second-order valence-electron chi connectivity index (χ2n) is 6.06. The van der Waals surface area contributed by atoms with E-state index in [1.807, 2.05) is 78.2 Å². The lowest BCUT2D eigenvalue weighted by Gasteiger charge is -2.10. The van der Waals surface area contributed by atoms with Crippen LogP contribution in [0.4, 0.5) is 0 Å². The van der Waals surface area contributed by atoms with Crippen LogP contribution in [-0.4, -0.2) is 12.1 Å². The number of esters is 1. The van der Waals surface area contributed by atoms with Gasteiger partial charge in [-0.1, -0.05) is 48.5 Å². The molecule has 1 atom stereocenters. The van der Waals surface area contributed by atoms with Crippen LogP contribution in [0.3, 0.4) is 0 Å². The Kier molecular flexibility index (Phi) is 6.61. The number of ether oxygens (including phenoxy) is 2. The first-order valence-electron chi connectivity index (χ1n) is 8.78. The van der Waals surface area contributed by atoms with Crippen molar-refractivity contribution in [2.45, 2.75) is 19.6 Å². The molecule has 0 amide bonds. The molecule has 28 heavy (non-hydrogen) atoms. The molecule has 0 radical (unpaired) electrons. The Morgan fingerprint density at radius 3 is 2.68 bits per heavy atom. The number of nitriles is 1. The highest BCUT2D eigenvalue weighted by atomic mass is 32.1. The molecular formula is C23H19NO3S. The Hall–Kier alpha value is -3.36. The Morgan fingerprint density at radius 2 is 1.96 bits per heavy atom. The van der Waals surface area contributed by atoms with Crippen LogP contribution >= 0.6 is 11.3 Å². The Morgan fingerprint density at radius 1 is 1.14 bits per heavy atom. The number of hydrogen-bond donors (Lipinski definition) is 0. The van der Waals surface area contributed by atoms with Gasteiger partial charge in [-0.15, -0.1) is 11.3 Å². The molecule has 5 heteroatoms. The third kappa shape index (κ3) is 5.32. The van der Waals surface area contributed by atoms with Gasteiger partial charge in [-0.2, -0.15) is 5.26 Å². The molecule has 0 spiro atoms. The van der Waals surface area contributed by atoms with E-state index in [0.717, 1.165) is 16.0 Å². The van der Waals surface area contributed by atoms with E-state index in [1.165, 1.54) is 11.3 Å². The highest BCUT2D eigenvalue weighted by Crippen LogP contribution is 2.26. The standard InChI is InChI=1S/C23H19NO3S/c1-17(15-24)27-23(25)21(22-11-6-12-28-22)14-19-9-5-10-20(13-19)26-16-18-7-3-2-4-8-18/h2-14,17H,16H2,1H3/b21-14+/t17-/m1/s1. The Bertz CT molecular complexity index is 988. The van der Waals surface area contributed by atoms with Gasteiger partial charge in [-0.25, -0.2) is 4.79 Å². The summed E-state index contributed by atoms with van der Waals surface area (Å²) in [6.07, 6.45) is 0.949. The van der Waals surface area contributed by atoms with E-state index >= 15 is 0 Å². The van der Waals surface area contributed by atoms with Crippen molar-refractivity contribution in [3.8, 4) is 11.8 Å². The Labute approximate surface area is 168 Å². The number of carbonyl (C=O) groups is 1. The number of thiophene rings is 1. The second kappa shape index (κ2) is 9.54. The van der Waals surface area contributed by atoms with Crippen molar-refractivity contribution in [2.75, 3.05) is 0 Å². The molecule has 2 aromatic carbocycles. The lowest BCUT2D eigenvalue weighted by Crippen LogP contribution is -2.13. The van der Waals surface area contributed by atoms with Gasteiger partial charge in [0.15, 0.2) is 6.10 Å². The van der Waals surface area contributed by atoms with Gasteiger partial charge in [-0.05, 0) is 47.7 Å². The van der Waals surface area contributed by atoms with Crippen LogP contribution in [0.5, 0.6) is 5.75 Å². The maximum absolute atomic E-state index is 12.5. The molecule has 0 aliphatic carbocycles. The van der Waals surface area contributed by atoms with Crippen molar-refractivity contribution in [3.63, 3.8) is 0 Å². The summed E-state index contributed by atoms with van der Waals surface area (Å²) < 4.78 is 11.1. The van der Waals surface area contributed by atoms with Gasteiger partial charge in [0.05, 0.1) is 5.57 Å². The summed E-state index contributed by atoms with van der Waals surface area (Å²) in [4.78, 5) is 13.3. The van der Waals surface area contributed by atoms with Gasteiger partial charge < -0.3 is 9.47 Å². The number of hydrogen-bond acceptors (Lipinski definition) is 5. The third-order valence-corrected chi connectivity index (χ3v) is 4.79. The summed E-state index contributed by atoms with van der Waals surface area (Å²) in [6.45, 7) is 2.01. The molecule has 0 saturated heterocycles. The van der Waals surface area contributed by atoms with Crippen LogP contribution in [0, 0.1) is 11.3 Å². The molecule has 1 heterocycles. The highest BCUT2D eigenvalue weighted by molar-refractivity contribution is 7.11. The molecule has 0 bridgehead atoms. The molecule has 0 fully saturated rings. The minimum atomic E-state index is -0.809. The second-order valence-corrected chi connectivity index (χ2v) is 7.01. The van der Waals surface area contributed by atoms with E-state index in [4.69, 9.17) is 14.7 Å². The monoisotopic (exact) mass is 389 g/mol. The SMILES string of the molecule is C[C@H](C#N)OC(=O)/C(=C/c1cccc(OCc2ccccc2)c1)c1cccs1. The quantitative estimate of drug-likeness (QED) is 0.405. The van der Waals surface area contributed by atoms with Crippen molar-refractivity contribution in [3.05, 3.63) is 88.1 Å². The minimum Gasteiger partial charge on any atom is -0.489 e. The van der Waals surface area contributed by atoms with Crippen molar-refractivity contribution >= 4 is 29.0 Å². The largest absolute Gasteiger partial charge is 0.489 e. The fourth-order valence-corrected chi connectivity index (χ4v) is 3.24.